The summed E-state index contributed by atoms with van der Waals surface area (Å²) in [5, 5.41) is 9.73. The minimum Gasteiger partial charge on any atom is -0.492 e. The Morgan fingerprint density at radius 3 is 2.43 bits per heavy atom. The zero-order valence-corrected chi connectivity index (χ0v) is 18.8. The molecule has 0 aliphatic heterocycles. The van der Waals surface area contributed by atoms with Crippen molar-refractivity contribution in [2.45, 2.75) is 103 Å². The highest BCUT2D eigenvalue weighted by atomic mass is 16.5. The number of hydrogen-bond donors (Lipinski definition) is 0. The lowest BCUT2D eigenvalue weighted by Crippen LogP contribution is -2.31. The number of carbonyl (C=O) groups excluding carboxylic acids is 1. The molecule has 0 unspecified atom stereocenters. The van der Waals surface area contributed by atoms with Gasteiger partial charge in [0.25, 0.3) is 0 Å². The van der Waals surface area contributed by atoms with Crippen molar-refractivity contribution in [3.05, 3.63) is 24.0 Å². The maximum Gasteiger partial charge on any atom is 0.357 e. The lowest BCUT2D eigenvalue weighted by molar-refractivity contribution is 0.00985. The van der Waals surface area contributed by atoms with Crippen molar-refractivity contribution in [1.29, 1.82) is 5.26 Å². The molecule has 0 atom stereocenters. The average molecular weight is 415 g/mol. The lowest BCUT2D eigenvalue weighted by Gasteiger charge is -2.34. The maximum absolute atomic E-state index is 12.4. The van der Waals surface area contributed by atoms with Crippen LogP contribution in [0.1, 0.15) is 108 Å². The van der Waals surface area contributed by atoms with Gasteiger partial charge in [0.2, 0.25) is 0 Å². The van der Waals surface area contributed by atoms with E-state index in [4.69, 9.17) is 9.47 Å². The van der Waals surface area contributed by atoms with E-state index in [0.717, 1.165) is 57.8 Å². The van der Waals surface area contributed by atoms with E-state index >= 15 is 0 Å². The summed E-state index contributed by atoms with van der Waals surface area (Å²) in [5.41, 5.74) is 0.0772. The van der Waals surface area contributed by atoms with Crippen LogP contribution in [0.25, 0.3) is 0 Å². The molecule has 1 aliphatic rings. The van der Waals surface area contributed by atoms with Gasteiger partial charge in [0.05, 0.1) is 24.3 Å². The third kappa shape index (κ3) is 7.97. The van der Waals surface area contributed by atoms with Crippen molar-refractivity contribution < 1.29 is 14.3 Å². The summed E-state index contributed by atoms with van der Waals surface area (Å²) in [6, 6.07) is 6.01. The van der Waals surface area contributed by atoms with E-state index in [-0.39, 0.29) is 17.5 Å². The number of unbranched alkanes of at least 4 members (excludes halogenated alkanes) is 6. The van der Waals surface area contributed by atoms with Crippen LogP contribution < -0.4 is 4.74 Å². The van der Waals surface area contributed by atoms with E-state index < -0.39 is 0 Å². The normalized spacial score (nSPS) is 21.0. The fraction of sp³-hybridized carbons (Fsp3) is 0.720. The summed E-state index contributed by atoms with van der Waals surface area (Å²) in [6.45, 7) is 5.04. The highest BCUT2D eigenvalue weighted by Gasteiger charge is 2.36. The summed E-state index contributed by atoms with van der Waals surface area (Å²) in [6.07, 6.45) is 15.0. The molecule has 1 saturated carbocycles. The number of aromatic nitrogens is 1. The van der Waals surface area contributed by atoms with Gasteiger partial charge in [-0.1, -0.05) is 58.8 Å². The van der Waals surface area contributed by atoms with Gasteiger partial charge < -0.3 is 9.47 Å². The van der Waals surface area contributed by atoms with E-state index in [2.05, 4.69) is 24.9 Å². The summed E-state index contributed by atoms with van der Waals surface area (Å²) >= 11 is 0. The average Bonchev–Trinajstić information content (AvgIpc) is 2.78. The molecule has 0 amide bonds. The number of nitrogens with zero attached hydrogens (tertiary/aromatic N) is 2. The van der Waals surface area contributed by atoms with Crippen molar-refractivity contribution >= 4 is 5.97 Å². The predicted molar refractivity (Wildman–Crippen MR) is 118 cm³/mol. The lowest BCUT2D eigenvalue weighted by atomic mass is 9.71. The summed E-state index contributed by atoms with van der Waals surface area (Å²) in [5.74, 6) is 0.291. The number of carbonyl (C=O) groups is 1. The van der Waals surface area contributed by atoms with Gasteiger partial charge in [-0.2, -0.15) is 5.26 Å². The molecule has 0 aromatic carbocycles. The van der Waals surface area contributed by atoms with Crippen molar-refractivity contribution in [3.63, 3.8) is 0 Å². The zero-order chi connectivity index (χ0) is 21.7. The van der Waals surface area contributed by atoms with Gasteiger partial charge in [-0.05, 0) is 50.7 Å². The van der Waals surface area contributed by atoms with Crippen LogP contribution in [0, 0.1) is 16.7 Å². The third-order valence-corrected chi connectivity index (χ3v) is 6.12. The molecule has 1 aromatic rings. The second-order valence-corrected chi connectivity index (χ2v) is 8.60. The first-order valence-electron chi connectivity index (χ1n) is 11.8. The molecule has 0 N–H and O–H groups in total. The Morgan fingerprint density at radius 1 is 1.10 bits per heavy atom. The van der Waals surface area contributed by atoms with Crippen molar-refractivity contribution in [1.82, 2.24) is 4.98 Å². The molecule has 0 bridgehead atoms. The van der Waals surface area contributed by atoms with Crippen molar-refractivity contribution in [2.24, 2.45) is 5.41 Å². The molecule has 166 valence electrons. The molecule has 0 saturated heterocycles. The molecule has 30 heavy (non-hydrogen) atoms. The van der Waals surface area contributed by atoms with E-state index in [1.165, 1.54) is 25.7 Å². The van der Waals surface area contributed by atoms with Crippen LogP contribution in [-0.2, 0) is 4.74 Å². The number of nitriles is 1. The SMILES string of the molecule is CCCCCCCC1(C#N)CCC(OC(=O)c2ccc(OCCCCC)cn2)CC1. The van der Waals surface area contributed by atoms with E-state index in [1.54, 1.807) is 18.3 Å². The van der Waals surface area contributed by atoms with Crippen LogP contribution in [-0.4, -0.2) is 23.7 Å². The monoisotopic (exact) mass is 414 g/mol. The van der Waals surface area contributed by atoms with Gasteiger partial charge in [-0.25, -0.2) is 9.78 Å². The Bertz CT molecular complexity index is 658. The summed E-state index contributed by atoms with van der Waals surface area (Å²) in [7, 11) is 0. The summed E-state index contributed by atoms with van der Waals surface area (Å²) in [4.78, 5) is 16.6. The minimum atomic E-state index is -0.387. The first-order valence-corrected chi connectivity index (χ1v) is 11.8. The zero-order valence-electron chi connectivity index (χ0n) is 18.8. The molecule has 2 rings (SSSR count). The number of ether oxygens (including phenoxy) is 2. The Morgan fingerprint density at radius 2 is 1.80 bits per heavy atom. The smallest absolute Gasteiger partial charge is 0.357 e. The molecular formula is C25H38N2O3. The first-order chi connectivity index (χ1) is 14.6. The quantitative estimate of drug-likeness (QED) is 0.268. The van der Waals surface area contributed by atoms with E-state index in [9.17, 15) is 10.1 Å². The molecule has 1 aromatic heterocycles. The van der Waals surface area contributed by atoms with Gasteiger partial charge in [0.1, 0.15) is 17.5 Å². The van der Waals surface area contributed by atoms with Crippen LogP contribution in [0.2, 0.25) is 0 Å². The minimum absolute atomic E-state index is 0.120. The number of esters is 1. The molecule has 1 heterocycles. The predicted octanol–water partition coefficient (Wildman–Crippen LogP) is 6.62. The van der Waals surface area contributed by atoms with Crippen LogP contribution in [0.5, 0.6) is 5.75 Å². The Kier molecular flexibility index (Phi) is 10.7. The van der Waals surface area contributed by atoms with Crippen molar-refractivity contribution in [3.8, 4) is 11.8 Å². The first kappa shape index (κ1) is 24.2. The van der Waals surface area contributed by atoms with Gasteiger partial charge >= 0.3 is 5.97 Å². The molecule has 5 heteroatoms. The Labute approximate surface area is 182 Å². The number of hydrogen-bond acceptors (Lipinski definition) is 5. The van der Waals surface area contributed by atoms with Gasteiger partial charge in [-0.3, -0.25) is 0 Å². The highest BCUT2D eigenvalue weighted by molar-refractivity contribution is 5.87. The third-order valence-electron chi connectivity index (χ3n) is 6.12. The molecule has 1 fully saturated rings. The standard InChI is InChI=1S/C25H38N2O3/c1-3-5-7-8-9-15-25(20-26)16-13-21(14-17-25)30-24(28)23-12-11-22(19-27-23)29-18-10-6-4-2/h11-12,19,21H,3-10,13-18H2,1-2H3. The van der Waals surface area contributed by atoms with Crippen LogP contribution in [0.15, 0.2) is 18.3 Å². The molecule has 1 aliphatic carbocycles. The molecular weight excluding hydrogens is 376 g/mol. The van der Waals surface area contributed by atoms with E-state index in [1.807, 2.05) is 0 Å². The van der Waals surface area contributed by atoms with E-state index in [0.29, 0.717) is 18.1 Å². The second-order valence-electron chi connectivity index (χ2n) is 8.60. The molecule has 0 radical (unpaired) electrons. The van der Waals surface area contributed by atoms with Gasteiger partial charge in [-0.15, -0.1) is 0 Å². The Hall–Kier alpha value is -2.09. The van der Waals surface area contributed by atoms with Gasteiger partial charge in [0, 0.05) is 0 Å². The molecule has 0 spiro atoms. The number of rotatable bonds is 13. The summed E-state index contributed by atoms with van der Waals surface area (Å²) < 4.78 is 11.3. The maximum atomic E-state index is 12.4. The van der Waals surface area contributed by atoms with Crippen molar-refractivity contribution in [2.75, 3.05) is 6.61 Å². The van der Waals surface area contributed by atoms with Gasteiger partial charge in [0.15, 0.2) is 0 Å². The topological polar surface area (TPSA) is 72.2 Å². The number of pyridine rings is 1. The Balaban J connectivity index is 1.74. The van der Waals surface area contributed by atoms with Crippen LogP contribution in [0.4, 0.5) is 0 Å². The second kappa shape index (κ2) is 13.3. The molecule has 5 nitrogen and oxygen atoms in total. The van der Waals surface area contributed by atoms with Crippen LogP contribution in [0.3, 0.4) is 0 Å². The fourth-order valence-corrected chi connectivity index (χ4v) is 4.09. The fourth-order valence-electron chi connectivity index (χ4n) is 4.09. The highest BCUT2D eigenvalue weighted by Crippen LogP contribution is 2.41. The largest absolute Gasteiger partial charge is 0.492 e. The van der Waals surface area contributed by atoms with Crippen LogP contribution >= 0.6 is 0 Å².